The van der Waals surface area contributed by atoms with Crippen LogP contribution in [0.15, 0.2) is 30.3 Å². The Morgan fingerprint density at radius 1 is 1.32 bits per heavy atom. The van der Waals surface area contributed by atoms with Gasteiger partial charge in [0.25, 0.3) is 0 Å². The second kappa shape index (κ2) is 4.99. The van der Waals surface area contributed by atoms with Crippen LogP contribution in [-0.4, -0.2) is 38.5 Å². The third-order valence-corrected chi connectivity index (χ3v) is 6.03. The number of nitrogens with two attached hydrogens (primary N) is 1. The molecule has 2 aliphatic rings. The molecule has 22 heavy (non-hydrogen) atoms. The van der Waals surface area contributed by atoms with E-state index < -0.39 is 16.3 Å². The van der Waals surface area contributed by atoms with Crippen LogP contribution >= 0.6 is 11.8 Å². The van der Waals surface area contributed by atoms with Crippen LogP contribution in [0, 0.1) is 0 Å². The fraction of sp³-hybridized carbons (Fsp3) is 0.500. The van der Waals surface area contributed by atoms with Crippen molar-refractivity contribution in [3.63, 3.8) is 0 Å². The van der Waals surface area contributed by atoms with Crippen molar-refractivity contribution in [1.29, 1.82) is 0 Å². The molecule has 0 unspecified atom stereocenters. The number of esters is 1. The van der Waals surface area contributed by atoms with Crippen LogP contribution in [0.5, 0.6) is 0 Å². The highest BCUT2D eigenvalue weighted by atomic mass is 32.2. The number of hydrogen-bond donors (Lipinski definition) is 1. The molecule has 2 saturated heterocycles. The summed E-state index contributed by atoms with van der Waals surface area (Å²) in [5.41, 5.74) is 6.07. The number of carbonyl (C=O) groups is 2. The van der Waals surface area contributed by atoms with Crippen LogP contribution in [0.2, 0.25) is 0 Å². The SMILES string of the molecule is CC1(C)S[C@H]2N(C(=O)[C@]2(C)N)[C@H]1C(=O)OCc1ccccc1. The Morgan fingerprint density at radius 3 is 2.59 bits per heavy atom. The number of benzene rings is 1. The van der Waals surface area contributed by atoms with E-state index in [0.29, 0.717) is 0 Å². The molecule has 1 aromatic rings. The first-order valence-corrected chi connectivity index (χ1v) is 8.13. The third kappa shape index (κ3) is 2.21. The summed E-state index contributed by atoms with van der Waals surface area (Å²) in [6.07, 6.45) is 0. The van der Waals surface area contributed by atoms with Crippen molar-refractivity contribution in [2.24, 2.45) is 5.73 Å². The van der Waals surface area contributed by atoms with Crippen molar-refractivity contribution in [3.8, 4) is 0 Å². The Hall–Kier alpha value is -1.53. The lowest BCUT2D eigenvalue weighted by Crippen LogP contribution is -2.76. The first-order valence-electron chi connectivity index (χ1n) is 7.25. The number of carbonyl (C=O) groups excluding carboxylic acids is 2. The van der Waals surface area contributed by atoms with Crippen LogP contribution in [0.25, 0.3) is 0 Å². The van der Waals surface area contributed by atoms with Crippen LogP contribution in [0.4, 0.5) is 0 Å². The second-order valence-electron chi connectivity index (χ2n) is 6.56. The molecule has 5 nitrogen and oxygen atoms in total. The van der Waals surface area contributed by atoms with Crippen LogP contribution in [0.1, 0.15) is 26.3 Å². The minimum absolute atomic E-state index is 0.163. The van der Waals surface area contributed by atoms with Crippen LogP contribution in [-0.2, 0) is 20.9 Å². The lowest BCUT2D eigenvalue weighted by atomic mass is 9.87. The lowest BCUT2D eigenvalue weighted by Gasteiger charge is -2.49. The van der Waals surface area contributed by atoms with Gasteiger partial charge in [0.15, 0.2) is 0 Å². The van der Waals surface area contributed by atoms with Crippen molar-refractivity contribution >= 4 is 23.6 Å². The molecule has 6 heteroatoms. The van der Waals surface area contributed by atoms with E-state index in [2.05, 4.69) is 0 Å². The largest absolute Gasteiger partial charge is 0.459 e. The Bertz CT molecular complexity index is 615. The predicted octanol–water partition coefficient (Wildman–Crippen LogP) is 1.51. The van der Waals surface area contributed by atoms with Gasteiger partial charge in [-0.25, -0.2) is 4.79 Å². The van der Waals surface area contributed by atoms with E-state index in [1.165, 1.54) is 0 Å². The average molecular weight is 320 g/mol. The van der Waals surface area contributed by atoms with E-state index in [9.17, 15) is 9.59 Å². The summed E-state index contributed by atoms with van der Waals surface area (Å²) < 4.78 is 5.02. The van der Waals surface area contributed by atoms with Crippen molar-refractivity contribution < 1.29 is 14.3 Å². The van der Waals surface area contributed by atoms with Gasteiger partial charge in [-0.05, 0) is 26.3 Å². The van der Waals surface area contributed by atoms with E-state index >= 15 is 0 Å². The van der Waals surface area contributed by atoms with E-state index in [1.54, 1.807) is 23.6 Å². The monoisotopic (exact) mass is 320 g/mol. The summed E-state index contributed by atoms with van der Waals surface area (Å²) >= 11 is 1.57. The number of β-lactam (4-membered cyclic amide) rings is 1. The molecule has 2 fully saturated rings. The predicted molar refractivity (Wildman–Crippen MR) is 84.9 cm³/mol. The number of thioether (sulfide) groups is 1. The standard InChI is InChI=1S/C16H20N2O3S/c1-15(2)11(18-13(20)16(3,17)14(18)22-15)12(19)21-9-10-7-5-4-6-8-10/h4-8,11,14H,9,17H2,1-3H3/t11-,14+,16-/m0/s1. The zero-order valence-corrected chi connectivity index (χ0v) is 13.7. The van der Waals surface area contributed by atoms with Gasteiger partial charge in [-0.3, -0.25) is 4.79 Å². The van der Waals surface area contributed by atoms with Crippen molar-refractivity contribution in [2.45, 2.75) is 49.1 Å². The maximum Gasteiger partial charge on any atom is 0.330 e. The summed E-state index contributed by atoms with van der Waals surface area (Å²) in [5, 5.41) is -0.163. The van der Waals surface area contributed by atoms with Gasteiger partial charge in [0.1, 0.15) is 23.6 Å². The fourth-order valence-electron chi connectivity index (χ4n) is 3.04. The molecule has 0 aromatic heterocycles. The molecule has 3 atom stereocenters. The van der Waals surface area contributed by atoms with Gasteiger partial charge in [0.05, 0.1) is 0 Å². The number of amides is 1. The number of nitrogens with zero attached hydrogens (tertiary/aromatic N) is 1. The maximum absolute atomic E-state index is 12.5. The zero-order valence-electron chi connectivity index (χ0n) is 12.9. The van der Waals surface area contributed by atoms with E-state index in [-0.39, 0.29) is 23.9 Å². The van der Waals surface area contributed by atoms with Crippen molar-refractivity contribution in [1.82, 2.24) is 4.90 Å². The van der Waals surface area contributed by atoms with E-state index in [0.717, 1.165) is 5.56 Å². The van der Waals surface area contributed by atoms with Crippen LogP contribution < -0.4 is 5.73 Å². The topological polar surface area (TPSA) is 72.6 Å². The minimum Gasteiger partial charge on any atom is -0.459 e. The number of fused-ring (bicyclic) bond motifs is 1. The van der Waals surface area contributed by atoms with E-state index in [1.807, 2.05) is 44.2 Å². The molecule has 0 saturated carbocycles. The number of rotatable bonds is 3. The smallest absolute Gasteiger partial charge is 0.330 e. The van der Waals surface area contributed by atoms with Gasteiger partial charge in [0.2, 0.25) is 5.91 Å². The third-order valence-electron chi connectivity index (χ3n) is 4.26. The molecule has 2 N–H and O–H groups in total. The Morgan fingerprint density at radius 2 is 1.95 bits per heavy atom. The Kier molecular flexibility index (Phi) is 3.49. The summed E-state index contributed by atoms with van der Waals surface area (Å²) in [6.45, 7) is 5.84. The molecule has 2 aliphatic heterocycles. The second-order valence-corrected chi connectivity index (χ2v) is 8.30. The molecular formula is C16H20N2O3S. The highest BCUT2D eigenvalue weighted by Crippen LogP contribution is 2.54. The molecule has 1 amide bonds. The van der Waals surface area contributed by atoms with Gasteiger partial charge < -0.3 is 15.4 Å². The minimum atomic E-state index is -0.892. The van der Waals surface area contributed by atoms with Gasteiger partial charge in [0, 0.05) is 4.75 Å². The van der Waals surface area contributed by atoms with Crippen molar-refractivity contribution in [2.75, 3.05) is 0 Å². The first kappa shape index (κ1) is 15.4. The number of hydrogen-bond acceptors (Lipinski definition) is 5. The molecule has 3 rings (SSSR count). The zero-order chi connectivity index (χ0) is 16.1. The van der Waals surface area contributed by atoms with Gasteiger partial charge in [-0.1, -0.05) is 30.3 Å². The molecule has 0 spiro atoms. The number of ether oxygens (including phenoxy) is 1. The Balaban J connectivity index is 1.73. The van der Waals surface area contributed by atoms with Gasteiger partial charge in [-0.15, -0.1) is 11.8 Å². The lowest BCUT2D eigenvalue weighted by molar-refractivity contribution is -0.168. The summed E-state index contributed by atoms with van der Waals surface area (Å²) in [6, 6.07) is 8.91. The van der Waals surface area contributed by atoms with Crippen LogP contribution in [0.3, 0.4) is 0 Å². The molecule has 0 radical (unpaired) electrons. The van der Waals surface area contributed by atoms with E-state index in [4.69, 9.17) is 10.5 Å². The van der Waals surface area contributed by atoms with Gasteiger partial charge >= 0.3 is 5.97 Å². The van der Waals surface area contributed by atoms with Crippen molar-refractivity contribution in [3.05, 3.63) is 35.9 Å². The summed E-state index contributed by atoms with van der Waals surface area (Å²) in [7, 11) is 0. The van der Waals surface area contributed by atoms with Gasteiger partial charge in [-0.2, -0.15) is 0 Å². The molecule has 1 aromatic carbocycles. The Labute approximate surface area is 134 Å². The maximum atomic E-state index is 12.5. The quantitative estimate of drug-likeness (QED) is 0.675. The molecule has 0 aliphatic carbocycles. The molecule has 0 bridgehead atoms. The molecule has 2 heterocycles. The molecular weight excluding hydrogens is 300 g/mol. The molecule has 118 valence electrons. The highest BCUT2D eigenvalue weighted by molar-refractivity contribution is 8.01. The summed E-state index contributed by atoms with van der Waals surface area (Å²) in [4.78, 5) is 26.3. The normalized spacial score (nSPS) is 32.4. The first-order chi connectivity index (χ1) is 10.2. The highest BCUT2D eigenvalue weighted by Gasteiger charge is 2.68. The fourth-order valence-corrected chi connectivity index (χ4v) is 4.63. The summed E-state index contributed by atoms with van der Waals surface area (Å²) in [5.74, 6) is -0.551. The average Bonchev–Trinajstić information content (AvgIpc) is 2.76.